The van der Waals surface area contributed by atoms with Crippen LogP contribution in [0.4, 0.5) is 0 Å². The van der Waals surface area contributed by atoms with Crippen molar-refractivity contribution in [2.45, 2.75) is 6.42 Å². The van der Waals surface area contributed by atoms with Crippen LogP contribution in [0.3, 0.4) is 0 Å². The number of furan rings is 1. The molecule has 2 nitrogen and oxygen atoms in total. The maximum atomic E-state index is 11.6. The number of rotatable bonds is 3. The van der Waals surface area contributed by atoms with Gasteiger partial charge >= 0.3 is 0 Å². The van der Waals surface area contributed by atoms with Gasteiger partial charge < -0.3 is 4.42 Å². The zero-order valence-electron chi connectivity index (χ0n) is 7.20. The predicted octanol–water partition coefficient (Wildman–Crippen LogP) is 3.53. The van der Waals surface area contributed by atoms with Crippen LogP contribution in [-0.4, -0.2) is 5.78 Å². The van der Waals surface area contributed by atoms with E-state index in [1.54, 1.807) is 6.26 Å². The van der Waals surface area contributed by atoms with Gasteiger partial charge in [-0.3, -0.25) is 4.79 Å². The summed E-state index contributed by atoms with van der Waals surface area (Å²) in [6, 6.07) is 5.52. The van der Waals surface area contributed by atoms with Crippen LogP contribution in [0.25, 0.3) is 0 Å². The molecule has 72 valence electrons. The van der Waals surface area contributed by atoms with Gasteiger partial charge in [0.2, 0.25) is 0 Å². The molecule has 14 heavy (non-hydrogen) atoms. The van der Waals surface area contributed by atoms with Gasteiger partial charge in [0.15, 0.2) is 10.5 Å². The Balaban J connectivity index is 2.09. The number of thiophene rings is 1. The molecule has 0 aliphatic carbocycles. The summed E-state index contributed by atoms with van der Waals surface area (Å²) in [4.78, 5) is 12.4. The van der Waals surface area contributed by atoms with Crippen molar-refractivity contribution in [2.24, 2.45) is 0 Å². The maximum Gasteiger partial charge on any atom is 0.177 e. The number of carbonyl (C=O) groups excluding carboxylic acids is 1. The second-order valence-electron chi connectivity index (χ2n) is 2.84. The minimum absolute atomic E-state index is 0.133. The molecule has 0 spiro atoms. The largest absolute Gasteiger partial charge is 0.457 e. The molecule has 2 heterocycles. The summed E-state index contributed by atoms with van der Waals surface area (Å²) >= 11 is 4.66. The topological polar surface area (TPSA) is 30.2 Å². The summed E-state index contributed by atoms with van der Waals surface area (Å²) in [5, 5.41) is 1.90. The van der Waals surface area contributed by atoms with Crippen molar-refractivity contribution in [1.82, 2.24) is 0 Å². The molecule has 0 aromatic carbocycles. The molecule has 0 saturated heterocycles. The minimum Gasteiger partial charge on any atom is -0.457 e. The van der Waals surface area contributed by atoms with Crippen molar-refractivity contribution in [3.63, 3.8) is 0 Å². The monoisotopic (exact) mass is 270 g/mol. The SMILES string of the molecule is O=C(Cc1coc(Br)c1)c1cccs1. The van der Waals surface area contributed by atoms with Crippen LogP contribution >= 0.6 is 27.3 Å². The third-order valence-electron chi connectivity index (χ3n) is 1.78. The first-order valence-corrected chi connectivity index (χ1v) is 5.72. The molecule has 0 bridgehead atoms. The summed E-state index contributed by atoms with van der Waals surface area (Å²) in [5.74, 6) is 0.133. The van der Waals surface area contributed by atoms with E-state index in [0.29, 0.717) is 11.1 Å². The number of halogens is 1. The van der Waals surface area contributed by atoms with Crippen molar-refractivity contribution < 1.29 is 9.21 Å². The van der Waals surface area contributed by atoms with Crippen molar-refractivity contribution in [2.75, 3.05) is 0 Å². The lowest BCUT2D eigenvalue weighted by Gasteiger charge is -1.92. The van der Waals surface area contributed by atoms with E-state index in [9.17, 15) is 4.79 Å². The number of Topliss-reactive ketones (excluding diaryl/α,β-unsaturated/α-hetero) is 1. The van der Waals surface area contributed by atoms with Gasteiger partial charge in [0.1, 0.15) is 0 Å². The van der Waals surface area contributed by atoms with Crippen LogP contribution in [0.15, 0.2) is 38.9 Å². The average Bonchev–Trinajstić information content (AvgIpc) is 2.75. The van der Waals surface area contributed by atoms with Gasteiger partial charge in [-0.2, -0.15) is 0 Å². The molecule has 0 aliphatic heterocycles. The van der Waals surface area contributed by atoms with Crippen molar-refractivity contribution >= 4 is 33.0 Å². The molecule has 4 heteroatoms. The molecule has 2 aromatic rings. The van der Waals surface area contributed by atoms with Crippen molar-refractivity contribution in [3.8, 4) is 0 Å². The van der Waals surface area contributed by atoms with Crippen LogP contribution in [0.5, 0.6) is 0 Å². The standard InChI is InChI=1S/C10H7BrO2S/c11-10-5-7(6-13-10)4-8(12)9-2-1-3-14-9/h1-3,5-6H,4H2. The van der Waals surface area contributed by atoms with Gasteiger partial charge in [-0.25, -0.2) is 0 Å². The highest BCUT2D eigenvalue weighted by atomic mass is 79.9. The highest BCUT2D eigenvalue weighted by molar-refractivity contribution is 9.10. The smallest absolute Gasteiger partial charge is 0.177 e. The fourth-order valence-corrected chi connectivity index (χ4v) is 2.20. The van der Waals surface area contributed by atoms with E-state index in [-0.39, 0.29) is 5.78 Å². The maximum absolute atomic E-state index is 11.6. The molecular weight excluding hydrogens is 264 g/mol. The van der Waals surface area contributed by atoms with Gasteiger partial charge in [0, 0.05) is 6.42 Å². The number of hydrogen-bond acceptors (Lipinski definition) is 3. The molecule has 0 unspecified atom stereocenters. The third kappa shape index (κ3) is 2.13. The molecule has 0 radical (unpaired) electrons. The Morgan fingerprint density at radius 1 is 1.57 bits per heavy atom. The van der Waals surface area contributed by atoms with Crippen molar-refractivity contribution in [1.29, 1.82) is 0 Å². The van der Waals surface area contributed by atoms with E-state index < -0.39 is 0 Å². The van der Waals surface area contributed by atoms with Crippen molar-refractivity contribution in [3.05, 3.63) is 45.0 Å². The molecule has 2 rings (SSSR count). The van der Waals surface area contributed by atoms with Crippen LogP contribution in [0, 0.1) is 0 Å². The number of carbonyl (C=O) groups is 1. The van der Waals surface area contributed by atoms with Gasteiger partial charge in [-0.1, -0.05) is 6.07 Å². The molecule has 0 atom stereocenters. The van der Waals surface area contributed by atoms with E-state index in [1.165, 1.54) is 11.3 Å². The summed E-state index contributed by atoms with van der Waals surface area (Å²) in [6.45, 7) is 0. The Bertz CT molecular complexity index is 431. The van der Waals surface area contributed by atoms with Crippen LogP contribution < -0.4 is 0 Å². The summed E-state index contributed by atoms with van der Waals surface area (Å²) in [7, 11) is 0. The number of ketones is 1. The highest BCUT2D eigenvalue weighted by Crippen LogP contribution is 2.17. The Hall–Kier alpha value is -0.870. The molecule has 0 fully saturated rings. The molecule has 0 saturated carbocycles. The normalized spacial score (nSPS) is 10.4. The van der Waals surface area contributed by atoms with Gasteiger partial charge in [0.25, 0.3) is 0 Å². The fraction of sp³-hybridized carbons (Fsp3) is 0.100. The quantitative estimate of drug-likeness (QED) is 0.799. The lowest BCUT2D eigenvalue weighted by molar-refractivity contribution is 0.0996. The van der Waals surface area contributed by atoms with E-state index in [2.05, 4.69) is 15.9 Å². The minimum atomic E-state index is 0.133. The molecular formula is C10H7BrO2S. The lowest BCUT2D eigenvalue weighted by Crippen LogP contribution is -1.99. The Morgan fingerprint density at radius 3 is 3.00 bits per heavy atom. The molecule has 0 amide bonds. The first kappa shape index (κ1) is 9.68. The summed E-state index contributed by atoms with van der Waals surface area (Å²) in [6.07, 6.45) is 1.99. The second kappa shape index (κ2) is 4.11. The third-order valence-corrected chi connectivity index (χ3v) is 3.11. The Kier molecular flexibility index (Phi) is 2.84. The average molecular weight is 271 g/mol. The lowest BCUT2D eigenvalue weighted by atomic mass is 10.1. The molecule has 2 aromatic heterocycles. The van der Waals surface area contributed by atoms with Gasteiger partial charge in [0.05, 0.1) is 11.1 Å². The first-order valence-electron chi connectivity index (χ1n) is 4.05. The highest BCUT2D eigenvalue weighted by Gasteiger charge is 2.09. The van der Waals surface area contributed by atoms with Crippen LogP contribution in [0.2, 0.25) is 0 Å². The number of hydrogen-bond donors (Lipinski definition) is 0. The zero-order valence-corrected chi connectivity index (χ0v) is 9.60. The van der Waals surface area contributed by atoms with Crippen LogP contribution in [-0.2, 0) is 6.42 Å². The zero-order chi connectivity index (χ0) is 9.97. The first-order chi connectivity index (χ1) is 6.75. The van der Waals surface area contributed by atoms with E-state index in [0.717, 1.165) is 10.4 Å². The molecule has 0 N–H and O–H groups in total. The van der Waals surface area contributed by atoms with Crippen LogP contribution in [0.1, 0.15) is 15.2 Å². The Labute approximate surface area is 93.7 Å². The second-order valence-corrected chi connectivity index (χ2v) is 4.57. The van der Waals surface area contributed by atoms with Gasteiger partial charge in [-0.05, 0) is 39.0 Å². The molecule has 0 aliphatic rings. The van der Waals surface area contributed by atoms with E-state index >= 15 is 0 Å². The van der Waals surface area contributed by atoms with Gasteiger partial charge in [-0.15, -0.1) is 11.3 Å². The predicted molar refractivity (Wildman–Crippen MR) is 58.8 cm³/mol. The summed E-state index contributed by atoms with van der Waals surface area (Å²) in [5.41, 5.74) is 0.898. The van der Waals surface area contributed by atoms with E-state index in [4.69, 9.17) is 4.42 Å². The van der Waals surface area contributed by atoms with E-state index in [1.807, 2.05) is 23.6 Å². The Morgan fingerprint density at radius 2 is 2.43 bits per heavy atom. The fourth-order valence-electron chi connectivity index (χ4n) is 1.15. The summed E-state index contributed by atoms with van der Waals surface area (Å²) < 4.78 is 5.71.